The van der Waals surface area contributed by atoms with Gasteiger partial charge in [0.25, 0.3) is 0 Å². The van der Waals surface area contributed by atoms with Crippen molar-refractivity contribution in [1.82, 2.24) is 0 Å². The number of allylic oxidation sites excluding steroid dienone is 1. The summed E-state index contributed by atoms with van der Waals surface area (Å²) in [4.78, 5) is 25.7. The lowest BCUT2D eigenvalue weighted by Crippen LogP contribution is -1.99. The van der Waals surface area contributed by atoms with E-state index in [1.54, 1.807) is 18.2 Å². The normalized spacial score (nSPS) is 14.2. The van der Waals surface area contributed by atoms with Crippen molar-refractivity contribution >= 4 is 28.8 Å². The molecule has 0 N–H and O–H groups in total. The molecule has 0 saturated carbocycles. The molecule has 150 valence electrons. The van der Waals surface area contributed by atoms with E-state index in [2.05, 4.69) is 11.8 Å². The Balaban J connectivity index is 1.45. The largest absolute Gasteiger partial charge is 0.453 e. The molecule has 2 aromatic carbocycles. The summed E-state index contributed by atoms with van der Waals surface area (Å²) in [6.07, 6.45) is 2.31. The minimum absolute atomic E-state index is 0.114. The fourth-order valence-electron chi connectivity index (χ4n) is 3.82. The summed E-state index contributed by atoms with van der Waals surface area (Å²) in [7, 11) is 0. The molecule has 0 bridgehead atoms. The summed E-state index contributed by atoms with van der Waals surface area (Å²) >= 11 is 0. The predicted octanol–water partition coefficient (Wildman–Crippen LogP) is 5.76. The Morgan fingerprint density at radius 3 is 2.29 bits per heavy atom. The van der Waals surface area contributed by atoms with Crippen LogP contribution in [0.15, 0.2) is 69.0 Å². The molecule has 31 heavy (non-hydrogen) atoms. The van der Waals surface area contributed by atoms with Crippen LogP contribution >= 0.6 is 0 Å². The van der Waals surface area contributed by atoms with Gasteiger partial charge in [0.15, 0.2) is 28.5 Å². The lowest BCUT2D eigenvalue weighted by Gasteiger charge is -2.04. The maximum absolute atomic E-state index is 12.8. The van der Waals surface area contributed by atoms with Crippen LogP contribution in [-0.2, 0) is 6.42 Å². The molecule has 0 spiro atoms. The first kappa shape index (κ1) is 18.9. The number of benzene rings is 2. The van der Waals surface area contributed by atoms with Crippen LogP contribution in [0.1, 0.15) is 55.9 Å². The molecule has 4 nitrogen and oxygen atoms in total. The SMILES string of the molecule is CCc1cc2c(cc1C)C(=O)/C(=C/c1cc3oc(C#Cc4ccccc4)cc3o1)C2=O. The first-order valence-corrected chi connectivity index (χ1v) is 10.1. The topological polar surface area (TPSA) is 60.4 Å². The van der Waals surface area contributed by atoms with Gasteiger partial charge in [0, 0.05) is 28.8 Å². The third kappa shape index (κ3) is 3.31. The van der Waals surface area contributed by atoms with Gasteiger partial charge in [-0.15, -0.1) is 0 Å². The summed E-state index contributed by atoms with van der Waals surface area (Å²) in [6, 6.07) is 16.6. The van der Waals surface area contributed by atoms with Crippen molar-refractivity contribution < 1.29 is 18.4 Å². The molecule has 2 aromatic heterocycles. The quantitative estimate of drug-likeness (QED) is 0.241. The number of rotatable bonds is 2. The molecule has 0 amide bonds. The van der Waals surface area contributed by atoms with E-state index in [9.17, 15) is 9.59 Å². The molecule has 1 aliphatic rings. The summed E-state index contributed by atoms with van der Waals surface area (Å²) in [5, 5.41) is 0. The second-order valence-electron chi connectivity index (χ2n) is 7.50. The minimum Gasteiger partial charge on any atom is -0.453 e. The van der Waals surface area contributed by atoms with Crippen molar-refractivity contribution in [2.75, 3.05) is 0 Å². The third-order valence-corrected chi connectivity index (χ3v) is 5.45. The Kier molecular flexibility index (Phi) is 4.45. The van der Waals surface area contributed by atoms with E-state index < -0.39 is 0 Å². The molecule has 4 aromatic rings. The zero-order valence-corrected chi connectivity index (χ0v) is 17.1. The Hall–Kier alpha value is -4.10. The van der Waals surface area contributed by atoms with Gasteiger partial charge in [-0.25, -0.2) is 0 Å². The zero-order chi connectivity index (χ0) is 21.5. The van der Waals surface area contributed by atoms with Gasteiger partial charge in [-0.3, -0.25) is 9.59 Å². The highest BCUT2D eigenvalue weighted by molar-refractivity contribution is 6.41. The number of carbonyl (C=O) groups excluding carboxylic acids is 2. The van der Waals surface area contributed by atoms with Crippen LogP contribution in [0.3, 0.4) is 0 Å². The minimum atomic E-state index is -0.270. The van der Waals surface area contributed by atoms with E-state index in [0.29, 0.717) is 33.8 Å². The Morgan fingerprint density at radius 1 is 0.871 bits per heavy atom. The van der Waals surface area contributed by atoms with Gasteiger partial charge >= 0.3 is 0 Å². The van der Waals surface area contributed by atoms with Crippen LogP contribution in [0.5, 0.6) is 0 Å². The van der Waals surface area contributed by atoms with Crippen molar-refractivity contribution in [3.05, 3.63) is 99.5 Å². The lowest BCUT2D eigenvalue weighted by molar-refractivity contribution is 0.0990. The molecular weight excluding hydrogens is 388 g/mol. The highest BCUT2D eigenvalue weighted by atomic mass is 16.4. The molecule has 0 saturated heterocycles. The number of aryl methyl sites for hydroxylation is 2. The van der Waals surface area contributed by atoms with Gasteiger partial charge in [-0.1, -0.05) is 31.0 Å². The van der Waals surface area contributed by atoms with Crippen LogP contribution in [0.2, 0.25) is 0 Å². The molecule has 0 unspecified atom stereocenters. The van der Waals surface area contributed by atoms with Crippen molar-refractivity contribution in [1.29, 1.82) is 0 Å². The van der Waals surface area contributed by atoms with Crippen LogP contribution in [0.4, 0.5) is 0 Å². The van der Waals surface area contributed by atoms with E-state index in [-0.39, 0.29) is 17.1 Å². The molecule has 4 heteroatoms. The van der Waals surface area contributed by atoms with Crippen LogP contribution in [0, 0.1) is 18.8 Å². The van der Waals surface area contributed by atoms with Crippen molar-refractivity contribution in [2.45, 2.75) is 20.3 Å². The highest BCUT2D eigenvalue weighted by Gasteiger charge is 2.34. The smallest absolute Gasteiger partial charge is 0.197 e. The average molecular weight is 406 g/mol. The molecule has 1 aliphatic carbocycles. The second-order valence-corrected chi connectivity index (χ2v) is 7.50. The second kappa shape index (κ2) is 7.30. The molecule has 5 rings (SSSR count). The van der Waals surface area contributed by atoms with E-state index in [1.165, 1.54) is 6.08 Å². The molecule has 2 heterocycles. The Bertz CT molecular complexity index is 1420. The van der Waals surface area contributed by atoms with Gasteiger partial charge in [-0.2, -0.15) is 0 Å². The van der Waals surface area contributed by atoms with Gasteiger partial charge in [0.05, 0.1) is 5.57 Å². The summed E-state index contributed by atoms with van der Waals surface area (Å²) in [6.45, 7) is 3.99. The zero-order valence-electron chi connectivity index (χ0n) is 17.1. The van der Waals surface area contributed by atoms with Crippen LogP contribution in [-0.4, -0.2) is 11.6 Å². The van der Waals surface area contributed by atoms with Gasteiger partial charge in [0.2, 0.25) is 0 Å². The summed E-state index contributed by atoms with van der Waals surface area (Å²) in [5.74, 6) is 6.35. The fraction of sp³-hybridized carbons (Fsp3) is 0.111. The number of ketones is 2. The number of furan rings is 2. The van der Waals surface area contributed by atoms with E-state index >= 15 is 0 Å². The fourth-order valence-corrected chi connectivity index (χ4v) is 3.82. The maximum atomic E-state index is 12.8. The van der Waals surface area contributed by atoms with Gasteiger partial charge in [0.1, 0.15) is 5.76 Å². The summed E-state index contributed by atoms with van der Waals surface area (Å²) < 4.78 is 11.5. The van der Waals surface area contributed by atoms with Gasteiger partial charge < -0.3 is 8.83 Å². The van der Waals surface area contributed by atoms with Crippen molar-refractivity contribution in [3.8, 4) is 11.8 Å². The third-order valence-electron chi connectivity index (χ3n) is 5.45. The number of carbonyl (C=O) groups is 2. The van der Waals surface area contributed by atoms with E-state index in [4.69, 9.17) is 8.83 Å². The first-order valence-electron chi connectivity index (χ1n) is 10.1. The van der Waals surface area contributed by atoms with Crippen LogP contribution in [0.25, 0.3) is 17.2 Å². The predicted molar refractivity (Wildman–Crippen MR) is 118 cm³/mol. The number of hydrogen-bond acceptors (Lipinski definition) is 4. The number of fused-ring (bicyclic) bond motifs is 2. The van der Waals surface area contributed by atoms with Crippen molar-refractivity contribution in [3.63, 3.8) is 0 Å². The highest BCUT2D eigenvalue weighted by Crippen LogP contribution is 2.32. The van der Waals surface area contributed by atoms with E-state index in [0.717, 1.165) is 23.1 Å². The van der Waals surface area contributed by atoms with Gasteiger partial charge in [-0.05, 0) is 60.7 Å². The Morgan fingerprint density at radius 2 is 1.58 bits per heavy atom. The maximum Gasteiger partial charge on any atom is 0.197 e. The molecule has 0 fully saturated rings. The van der Waals surface area contributed by atoms with E-state index in [1.807, 2.05) is 50.2 Å². The number of Topliss-reactive ketones (excluding diaryl/α,β-unsaturated/α-hetero) is 2. The van der Waals surface area contributed by atoms with Crippen LogP contribution < -0.4 is 0 Å². The molecule has 0 aliphatic heterocycles. The van der Waals surface area contributed by atoms with Crippen molar-refractivity contribution in [2.24, 2.45) is 0 Å². The Labute approximate surface area is 179 Å². The molecular formula is C27H18O4. The lowest BCUT2D eigenvalue weighted by atomic mass is 9.99. The monoisotopic (exact) mass is 406 g/mol. The average Bonchev–Trinajstić information content (AvgIpc) is 3.39. The molecule has 0 atom stereocenters. The number of hydrogen-bond donors (Lipinski definition) is 0. The standard InChI is InChI=1S/C27H18O4/c1-3-18-12-22-21(11-16(18)2)26(28)23(27(22)29)13-20-15-25-24(31-20)14-19(30-25)10-9-17-7-5-4-6-8-17/h4-8,11-15H,3H2,1-2H3/b23-13-. The molecule has 0 radical (unpaired) electrons. The first-order chi connectivity index (χ1) is 15.0. The summed E-state index contributed by atoms with van der Waals surface area (Å²) in [5.41, 5.74) is 5.05.